The van der Waals surface area contributed by atoms with Crippen LogP contribution in [-0.4, -0.2) is 59.9 Å². The number of nitrogens with zero attached hydrogens (tertiary/aromatic N) is 2. The van der Waals surface area contributed by atoms with E-state index < -0.39 is 11.2 Å². The van der Waals surface area contributed by atoms with Crippen molar-refractivity contribution in [1.82, 2.24) is 9.80 Å². The third kappa shape index (κ3) is 4.24. The number of benzene rings is 1. The molecule has 1 aliphatic heterocycles. The first-order valence-corrected chi connectivity index (χ1v) is 8.31. The van der Waals surface area contributed by atoms with Crippen LogP contribution in [0.5, 0.6) is 0 Å². The van der Waals surface area contributed by atoms with Crippen molar-refractivity contribution in [2.75, 3.05) is 45.5 Å². The van der Waals surface area contributed by atoms with Crippen LogP contribution in [0.3, 0.4) is 0 Å². The first-order chi connectivity index (χ1) is 8.65. The molecule has 0 radical (unpaired) electrons. The Morgan fingerprint density at radius 2 is 1.78 bits per heavy atom. The van der Waals surface area contributed by atoms with Gasteiger partial charge >= 0.3 is 0 Å². The summed E-state index contributed by atoms with van der Waals surface area (Å²) >= 11 is 2.51. The predicted molar refractivity (Wildman–Crippen MR) is 79.4 cm³/mol. The van der Waals surface area contributed by atoms with E-state index in [-0.39, 0.29) is 0 Å². The molecule has 1 saturated heterocycles. The van der Waals surface area contributed by atoms with Gasteiger partial charge in [0.25, 0.3) is 0 Å². The molecular weight excluding hydrogens is 312 g/mol. The average Bonchev–Trinajstić information content (AvgIpc) is 2.38. The first kappa shape index (κ1) is 14.3. The Morgan fingerprint density at radius 1 is 1.17 bits per heavy atom. The summed E-state index contributed by atoms with van der Waals surface area (Å²) < 4.78 is 13.2. The van der Waals surface area contributed by atoms with E-state index in [4.69, 9.17) is 0 Å². The number of hydrogen-bond donors (Lipinski definition) is 0. The molecule has 18 heavy (non-hydrogen) atoms. The summed E-state index contributed by atoms with van der Waals surface area (Å²) in [5.41, 5.74) is 0. The van der Waals surface area contributed by atoms with Crippen LogP contribution in [0.2, 0.25) is 0 Å². The third-order valence-electron chi connectivity index (χ3n) is 3.27. The summed E-state index contributed by atoms with van der Waals surface area (Å²) in [6.07, 6.45) is 0. The van der Waals surface area contributed by atoms with Crippen molar-refractivity contribution in [3.05, 3.63) is 28.7 Å². The zero-order chi connectivity index (χ0) is 13.0. The van der Waals surface area contributed by atoms with E-state index in [2.05, 4.69) is 32.8 Å². The lowest BCUT2D eigenvalue weighted by Crippen LogP contribution is -2.45. The SMILES string of the molecule is CN1CCN(CC[S+]([O-])c2ccc(Br)cc2)CC1. The number of rotatable bonds is 4. The highest BCUT2D eigenvalue weighted by atomic mass is 79.9. The van der Waals surface area contributed by atoms with Gasteiger partial charge in [0.2, 0.25) is 0 Å². The van der Waals surface area contributed by atoms with E-state index in [0.29, 0.717) is 0 Å². The van der Waals surface area contributed by atoms with E-state index in [9.17, 15) is 4.55 Å². The molecule has 0 aromatic heterocycles. The molecule has 0 amide bonds. The molecule has 1 aromatic rings. The van der Waals surface area contributed by atoms with Gasteiger partial charge in [0.1, 0.15) is 5.75 Å². The van der Waals surface area contributed by atoms with E-state index in [0.717, 1.165) is 47.8 Å². The third-order valence-corrected chi connectivity index (χ3v) is 5.15. The normalized spacial score (nSPS) is 19.9. The zero-order valence-electron chi connectivity index (χ0n) is 10.6. The fourth-order valence-electron chi connectivity index (χ4n) is 1.99. The number of piperazine rings is 1. The molecule has 1 fully saturated rings. The fourth-order valence-corrected chi connectivity index (χ4v) is 3.35. The Hall–Kier alpha value is -0.0700. The van der Waals surface area contributed by atoms with Crippen molar-refractivity contribution in [3.8, 4) is 0 Å². The molecule has 0 saturated carbocycles. The van der Waals surface area contributed by atoms with Gasteiger partial charge in [-0.25, -0.2) is 0 Å². The van der Waals surface area contributed by atoms with E-state index in [1.807, 2.05) is 24.3 Å². The van der Waals surface area contributed by atoms with Crippen LogP contribution >= 0.6 is 15.9 Å². The van der Waals surface area contributed by atoms with Gasteiger partial charge in [-0.15, -0.1) is 0 Å². The van der Waals surface area contributed by atoms with Crippen molar-refractivity contribution in [2.24, 2.45) is 0 Å². The van der Waals surface area contributed by atoms with E-state index in [1.165, 1.54) is 0 Å². The summed E-state index contributed by atoms with van der Waals surface area (Å²) in [5, 5.41) is 0. The highest BCUT2D eigenvalue weighted by Crippen LogP contribution is 2.16. The minimum Gasteiger partial charge on any atom is -0.611 e. The molecule has 1 aliphatic rings. The van der Waals surface area contributed by atoms with Gasteiger partial charge in [-0.2, -0.15) is 0 Å². The molecule has 3 nitrogen and oxygen atoms in total. The van der Waals surface area contributed by atoms with Crippen LogP contribution in [0, 0.1) is 0 Å². The van der Waals surface area contributed by atoms with Crippen LogP contribution in [0.25, 0.3) is 0 Å². The molecular formula is C13H19BrN2OS. The highest BCUT2D eigenvalue weighted by molar-refractivity contribution is 9.10. The zero-order valence-corrected chi connectivity index (χ0v) is 13.0. The lowest BCUT2D eigenvalue weighted by molar-refractivity contribution is 0.161. The molecule has 0 bridgehead atoms. The van der Waals surface area contributed by atoms with E-state index >= 15 is 0 Å². The monoisotopic (exact) mass is 330 g/mol. The number of likely N-dealkylation sites (N-methyl/N-ethyl adjacent to an activating group) is 1. The highest BCUT2D eigenvalue weighted by Gasteiger charge is 2.17. The summed E-state index contributed by atoms with van der Waals surface area (Å²) in [5.74, 6) is 0.728. The molecule has 0 aliphatic carbocycles. The smallest absolute Gasteiger partial charge is 0.152 e. The summed E-state index contributed by atoms with van der Waals surface area (Å²) in [7, 11) is 2.15. The topological polar surface area (TPSA) is 29.5 Å². The molecule has 1 aromatic carbocycles. The second kappa shape index (κ2) is 6.91. The van der Waals surface area contributed by atoms with Crippen molar-refractivity contribution in [3.63, 3.8) is 0 Å². The van der Waals surface area contributed by atoms with Crippen LogP contribution < -0.4 is 0 Å². The van der Waals surface area contributed by atoms with Crippen molar-refractivity contribution in [2.45, 2.75) is 4.90 Å². The quantitative estimate of drug-likeness (QED) is 0.788. The van der Waals surface area contributed by atoms with Gasteiger partial charge in [0, 0.05) is 37.2 Å². The molecule has 0 N–H and O–H groups in total. The van der Waals surface area contributed by atoms with E-state index in [1.54, 1.807) is 0 Å². The summed E-state index contributed by atoms with van der Waals surface area (Å²) in [6, 6.07) is 7.76. The second-order valence-corrected chi connectivity index (χ2v) is 7.13. The first-order valence-electron chi connectivity index (χ1n) is 6.20. The molecule has 2 rings (SSSR count). The van der Waals surface area contributed by atoms with Crippen molar-refractivity contribution < 1.29 is 4.55 Å². The van der Waals surface area contributed by atoms with Crippen LogP contribution in [0.4, 0.5) is 0 Å². The lowest BCUT2D eigenvalue weighted by Gasteiger charge is -2.32. The predicted octanol–water partition coefficient (Wildman–Crippen LogP) is 1.80. The lowest BCUT2D eigenvalue weighted by atomic mass is 10.3. The molecule has 1 heterocycles. The van der Waals surface area contributed by atoms with Gasteiger partial charge in [0.05, 0.1) is 0 Å². The number of halogens is 1. The Bertz CT molecular complexity index is 366. The Labute approximate surface area is 120 Å². The average molecular weight is 331 g/mol. The molecule has 5 heteroatoms. The summed E-state index contributed by atoms with van der Waals surface area (Å²) in [4.78, 5) is 5.66. The number of hydrogen-bond acceptors (Lipinski definition) is 3. The summed E-state index contributed by atoms with van der Waals surface area (Å²) in [6.45, 7) is 5.34. The Morgan fingerprint density at radius 3 is 2.39 bits per heavy atom. The van der Waals surface area contributed by atoms with Gasteiger partial charge in [0.15, 0.2) is 4.90 Å². The van der Waals surface area contributed by atoms with Crippen molar-refractivity contribution in [1.29, 1.82) is 0 Å². The van der Waals surface area contributed by atoms with Crippen LogP contribution in [0.1, 0.15) is 0 Å². The fraction of sp³-hybridized carbons (Fsp3) is 0.538. The minimum atomic E-state index is -0.878. The van der Waals surface area contributed by atoms with Gasteiger partial charge in [-0.3, -0.25) is 4.90 Å². The van der Waals surface area contributed by atoms with Gasteiger partial charge < -0.3 is 9.45 Å². The molecule has 1 unspecified atom stereocenters. The molecule has 0 spiro atoms. The van der Waals surface area contributed by atoms with Crippen molar-refractivity contribution >= 4 is 27.1 Å². The Kier molecular flexibility index (Phi) is 5.51. The maximum Gasteiger partial charge on any atom is 0.152 e. The second-order valence-electron chi connectivity index (χ2n) is 4.65. The van der Waals surface area contributed by atoms with Crippen LogP contribution in [0.15, 0.2) is 33.6 Å². The standard InChI is InChI=1S/C13H19BrN2OS/c1-15-6-8-16(9-7-15)10-11-18(17)13-4-2-12(14)3-5-13/h2-5H,6-11H2,1H3. The largest absolute Gasteiger partial charge is 0.611 e. The molecule has 1 atom stereocenters. The Balaban J connectivity index is 1.77. The van der Waals surface area contributed by atoms with Crippen LogP contribution in [-0.2, 0) is 11.2 Å². The minimum absolute atomic E-state index is 0.728. The maximum atomic E-state index is 12.1. The molecule has 100 valence electrons. The maximum absolute atomic E-state index is 12.1. The van der Waals surface area contributed by atoms with Gasteiger partial charge in [-0.05, 0) is 42.5 Å². The van der Waals surface area contributed by atoms with Gasteiger partial charge in [-0.1, -0.05) is 15.9 Å².